The van der Waals surface area contributed by atoms with Gasteiger partial charge in [0.1, 0.15) is 5.75 Å². The lowest BCUT2D eigenvalue weighted by Gasteiger charge is -2.31. The maximum absolute atomic E-state index is 5.49. The van der Waals surface area contributed by atoms with Crippen LogP contribution >= 0.6 is 0 Å². The molecule has 26 heavy (non-hydrogen) atoms. The molecule has 0 bridgehead atoms. The van der Waals surface area contributed by atoms with Crippen LogP contribution in [0.4, 0.5) is 0 Å². The minimum atomic E-state index is 0.240. The molecule has 1 atom stereocenters. The minimum absolute atomic E-state index is 0.240. The van der Waals surface area contributed by atoms with Crippen LogP contribution in [0.1, 0.15) is 34.8 Å². The van der Waals surface area contributed by atoms with Gasteiger partial charge in [-0.1, -0.05) is 42.0 Å². The molecule has 2 aromatic carbocycles. The first-order valence-corrected chi connectivity index (χ1v) is 9.33. The number of nitrogens with zero attached hydrogens (tertiary/aromatic N) is 2. The summed E-state index contributed by atoms with van der Waals surface area (Å²) in [5, 5.41) is 0. The van der Waals surface area contributed by atoms with Crippen molar-refractivity contribution in [1.29, 1.82) is 0 Å². The Balaban J connectivity index is 1.73. The number of aryl methyl sites for hydroxylation is 2. The van der Waals surface area contributed by atoms with E-state index in [4.69, 9.17) is 4.74 Å². The quantitative estimate of drug-likeness (QED) is 0.675. The van der Waals surface area contributed by atoms with Gasteiger partial charge >= 0.3 is 0 Å². The second-order valence-electron chi connectivity index (χ2n) is 7.12. The van der Waals surface area contributed by atoms with Gasteiger partial charge in [0.25, 0.3) is 0 Å². The average molecular weight is 346 g/mol. The van der Waals surface area contributed by atoms with Crippen molar-refractivity contribution in [3.8, 4) is 5.75 Å². The van der Waals surface area contributed by atoms with Crippen LogP contribution in [0.3, 0.4) is 0 Å². The van der Waals surface area contributed by atoms with Gasteiger partial charge in [-0.25, -0.2) is 0 Å². The van der Waals surface area contributed by atoms with Crippen molar-refractivity contribution in [3.63, 3.8) is 0 Å². The van der Waals surface area contributed by atoms with Crippen molar-refractivity contribution in [2.75, 3.05) is 13.7 Å². The summed E-state index contributed by atoms with van der Waals surface area (Å²) in [7, 11) is 1.74. The summed E-state index contributed by atoms with van der Waals surface area (Å²) in [6, 6.07) is 22.1. The van der Waals surface area contributed by atoms with Gasteiger partial charge in [0, 0.05) is 31.5 Å². The van der Waals surface area contributed by atoms with Crippen molar-refractivity contribution in [3.05, 3.63) is 89.2 Å². The highest BCUT2D eigenvalue weighted by Crippen LogP contribution is 2.34. The highest BCUT2D eigenvalue weighted by molar-refractivity contribution is 5.36. The van der Waals surface area contributed by atoms with Crippen LogP contribution in [0.2, 0.25) is 0 Å². The molecule has 0 radical (unpaired) electrons. The summed E-state index contributed by atoms with van der Waals surface area (Å²) in [5.41, 5.74) is 5.33. The SMILES string of the molecule is COc1cccc([C@@H]2c3cccn3CCCN2Cc2ccc(C)cc2)c1. The predicted molar refractivity (Wildman–Crippen MR) is 105 cm³/mol. The summed E-state index contributed by atoms with van der Waals surface area (Å²) >= 11 is 0. The van der Waals surface area contributed by atoms with E-state index in [1.54, 1.807) is 7.11 Å². The number of fused-ring (bicyclic) bond motifs is 1. The highest BCUT2D eigenvalue weighted by Gasteiger charge is 2.27. The molecule has 0 fully saturated rings. The predicted octanol–water partition coefficient (Wildman–Crippen LogP) is 4.80. The van der Waals surface area contributed by atoms with Crippen LogP contribution in [0.5, 0.6) is 5.75 Å². The first-order chi connectivity index (χ1) is 12.7. The smallest absolute Gasteiger partial charge is 0.119 e. The molecule has 1 aliphatic rings. The molecule has 4 rings (SSSR count). The summed E-state index contributed by atoms with van der Waals surface area (Å²) < 4.78 is 7.89. The second-order valence-corrected chi connectivity index (χ2v) is 7.12. The summed E-state index contributed by atoms with van der Waals surface area (Å²) in [6.45, 7) is 5.25. The normalized spacial score (nSPS) is 17.5. The van der Waals surface area contributed by atoms with Crippen molar-refractivity contribution < 1.29 is 4.74 Å². The van der Waals surface area contributed by atoms with E-state index in [9.17, 15) is 0 Å². The maximum atomic E-state index is 5.49. The Morgan fingerprint density at radius 1 is 1.00 bits per heavy atom. The fraction of sp³-hybridized carbons (Fsp3) is 0.304. The lowest BCUT2D eigenvalue weighted by atomic mass is 10.0. The molecule has 0 unspecified atom stereocenters. The monoisotopic (exact) mass is 346 g/mol. The Morgan fingerprint density at radius 3 is 2.65 bits per heavy atom. The van der Waals surface area contributed by atoms with Gasteiger partial charge in [-0.05, 0) is 48.7 Å². The molecule has 0 saturated carbocycles. The summed E-state index contributed by atoms with van der Waals surface area (Å²) in [5.74, 6) is 0.917. The van der Waals surface area contributed by atoms with Crippen molar-refractivity contribution >= 4 is 0 Å². The van der Waals surface area contributed by atoms with Crippen LogP contribution in [0, 0.1) is 6.92 Å². The van der Waals surface area contributed by atoms with Gasteiger partial charge in [-0.3, -0.25) is 4.90 Å². The zero-order chi connectivity index (χ0) is 17.9. The van der Waals surface area contributed by atoms with E-state index in [1.807, 2.05) is 6.07 Å². The van der Waals surface area contributed by atoms with Gasteiger partial charge in [0.2, 0.25) is 0 Å². The molecule has 3 aromatic rings. The molecule has 134 valence electrons. The Hall–Kier alpha value is -2.52. The van der Waals surface area contributed by atoms with Crippen LogP contribution in [0.25, 0.3) is 0 Å². The molecular weight excluding hydrogens is 320 g/mol. The topological polar surface area (TPSA) is 17.4 Å². The molecule has 2 heterocycles. The van der Waals surface area contributed by atoms with Gasteiger partial charge in [0.05, 0.1) is 13.2 Å². The lowest BCUT2D eigenvalue weighted by Crippen LogP contribution is -2.29. The number of hydrogen-bond donors (Lipinski definition) is 0. The highest BCUT2D eigenvalue weighted by atomic mass is 16.5. The van der Waals surface area contributed by atoms with Crippen LogP contribution < -0.4 is 4.74 Å². The minimum Gasteiger partial charge on any atom is -0.497 e. The average Bonchev–Trinajstić information content (AvgIpc) is 3.05. The number of methoxy groups -OCH3 is 1. The molecule has 1 aliphatic heterocycles. The fourth-order valence-corrected chi connectivity index (χ4v) is 3.93. The molecule has 0 spiro atoms. The zero-order valence-corrected chi connectivity index (χ0v) is 15.6. The van der Waals surface area contributed by atoms with Crippen LogP contribution in [0.15, 0.2) is 66.9 Å². The number of aromatic nitrogens is 1. The molecule has 0 aliphatic carbocycles. The first kappa shape index (κ1) is 16.9. The van der Waals surface area contributed by atoms with E-state index < -0.39 is 0 Å². The van der Waals surface area contributed by atoms with E-state index in [1.165, 1.54) is 22.4 Å². The molecule has 0 amide bonds. The van der Waals surface area contributed by atoms with Gasteiger partial charge in [-0.2, -0.15) is 0 Å². The van der Waals surface area contributed by atoms with E-state index in [2.05, 4.69) is 77.2 Å². The molecule has 3 heteroatoms. The number of rotatable bonds is 4. The number of hydrogen-bond acceptors (Lipinski definition) is 2. The number of benzene rings is 2. The second kappa shape index (κ2) is 7.38. The third-order valence-corrected chi connectivity index (χ3v) is 5.27. The van der Waals surface area contributed by atoms with Gasteiger partial charge in [-0.15, -0.1) is 0 Å². The van der Waals surface area contributed by atoms with Gasteiger partial charge < -0.3 is 9.30 Å². The Kier molecular flexibility index (Phi) is 4.81. The molecule has 1 aromatic heterocycles. The van der Waals surface area contributed by atoms with Gasteiger partial charge in [0.15, 0.2) is 0 Å². The van der Waals surface area contributed by atoms with E-state index in [0.717, 1.165) is 31.8 Å². The standard InChI is InChI=1S/C23H26N2O/c1-18-9-11-19(12-10-18)17-25-15-5-14-24-13-4-8-22(24)23(25)20-6-3-7-21(16-20)26-2/h3-4,6-13,16,23H,5,14-15,17H2,1-2H3/t23-/m1/s1. The summed E-state index contributed by atoms with van der Waals surface area (Å²) in [4.78, 5) is 2.60. The van der Waals surface area contributed by atoms with Crippen molar-refractivity contribution in [1.82, 2.24) is 9.47 Å². The van der Waals surface area contributed by atoms with E-state index >= 15 is 0 Å². The number of ether oxygens (including phenoxy) is 1. The Labute approximate surface area is 155 Å². The third-order valence-electron chi connectivity index (χ3n) is 5.27. The molecule has 3 nitrogen and oxygen atoms in total. The zero-order valence-electron chi connectivity index (χ0n) is 15.6. The van der Waals surface area contributed by atoms with Crippen molar-refractivity contribution in [2.45, 2.75) is 32.5 Å². The Bertz CT molecular complexity index is 866. The third kappa shape index (κ3) is 3.40. The lowest BCUT2D eigenvalue weighted by molar-refractivity contribution is 0.220. The fourth-order valence-electron chi connectivity index (χ4n) is 3.93. The van der Waals surface area contributed by atoms with E-state index in [0.29, 0.717) is 0 Å². The van der Waals surface area contributed by atoms with E-state index in [-0.39, 0.29) is 6.04 Å². The Morgan fingerprint density at radius 2 is 1.85 bits per heavy atom. The maximum Gasteiger partial charge on any atom is 0.119 e. The molecule has 0 N–H and O–H groups in total. The molecule has 0 saturated heterocycles. The molecular formula is C23H26N2O. The van der Waals surface area contributed by atoms with Crippen LogP contribution in [-0.4, -0.2) is 23.1 Å². The first-order valence-electron chi connectivity index (χ1n) is 9.33. The summed E-state index contributed by atoms with van der Waals surface area (Å²) in [6.07, 6.45) is 3.37. The van der Waals surface area contributed by atoms with Crippen molar-refractivity contribution in [2.24, 2.45) is 0 Å². The largest absolute Gasteiger partial charge is 0.497 e. The van der Waals surface area contributed by atoms with Crippen LogP contribution in [-0.2, 0) is 13.1 Å².